The van der Waals surface area contributed by atoms with E-state index in [1.807, 2.05) is 30.0 Å². The van der Waals surface area contributed by atoms with Crippen LogP contribution in [0, 0.1) is 0 Å². The number of thioether (sulfide) groups is 1. The molecule has 0 atom stereocenters. The molecule has 1 aliphatic rings. The summed E-state index contributed by atoms with van der Waals surface area (Å²) in [6, 6.07) is 5.94. The van der Waals surface area contributed by atoms with E-state index in [1.54, 1.807) is 13.2 Å². The first-order valence-electron chi connectivity index (χ1n) is 6.57. The van der Waals surface area contributed by atoms with Gasteiger partial charge in [-0.25, -0.2) is 4.79 Å². The van der Waals surface area contributed by atoms with Gasteiger partial charge in [-0.3, -0.25) is 4.90 Å². The van der Waals surface area contributed by atoms with Crippen molar-refractivity contribution in [1.29, 1.82) is 0 Å². The van der Waals surface area contributed by atoms with E-state index in [2.05, 4.69) is 4.90 Å². The number of ether oxygens (including phenoxy) is 1. The Kier molecular flexibility index (Phi) is 5.49. The van der Waals surface area contributed by atoms with Gasteiger partial charge in [0.1, 0.15) is 5.75 Å². The molecular weight excluding hydrogens is 274 g/mol. The predicted octanol–water partition coefficient (Wildman–Crippen LogP) is 2.34. The van der Waals surface area contributed by atoms with Crippen molar-refractivity contribution in [3.8, 4) is 5.75 Å². The molecule has 0 radical (unpaired) electrons. The monoisotopic (exact) mass is 293 g/mol. The quantitative estimate of drug-likeness (QED) is 0.845. The van der Waals surface area contributed by atoms with Gasteiger partial charge in [0.25, 0.3) is 0 Å². The van der Waals surface area contributed by atoms with Crippen molar-refractivity contribution in [2.24, 2.45) is 0 Å². The molecule has 0 aliphatic carbocycles. The van der Waals surface area contributed by atoms with Gasteiger partial charge < -0.3 is 9.84 Å². The van der Waals surface area contributed by atoms with Crippen molar-refractivity contribution >= 4 is 23.8 Å². The van der Waals surface area contributed by atoms with Crippen LogP contribution >= 0.6 is 11.8 Å². The zero-order valence-corrected chi connectivity index (χ0v) is 12.4. The predicted molar refractivity (Wildman–Crippen MR) is 82.3 cm³/mol. The van der Waals surface area contributed by atoms with Gasteiger partial charge >= 0.3 is 5.97 Å². The molecule has 0 saturated carbocycles. The normalized spacial score (nSPS) is 16.4. The minimum absolute atomic E-state index is 0.695. The van der Waals surface area contributed by atoms with Crippen LogP contribution in [-0.4, -0.2) is 47.7 Å². The number of hydrogen-bond acceptors (Lipinski definition) is 4. The highest BCUT2D eigenvalue weighted by Gasteiger charge is 2.11. The van der Waals surface area contributed by atoms with Crippen LogP contribution in [0.15, 0.2) is 24.3 Å². The van der Waals surface area contributed by atoms with Gasteiger partial charge in [-0.1, -0.05) is 6.07 Å². The van der Waals surface area contributed by atoms with Crippen molar-refractivity contribution in [3.63, 3.8) is 0 Å². The van der Waals surface area contributed by atoms with Crippen molar-refractivity contribution in [1.82, 2.24) is 4.90 Å². The number of methoxy groups -OCH3 is 1. The lowest BCUT2D eigenvalue weighted by molar-refractivity contribution is -0.131. The SMILES string of the molecule is COc1ccc(CN2CCSCC2)cc1C=CC(=O)O. The Hall–Kier alpha value is -1.46. The van der Waals surface area contributed by atoms with Crippen molar-refractivity contribution < 1.29 is 14.6 Å². The second-order valence-electron chi connectivity index (χ2n) is 4.64. The third-order valence-electron chi connectivity index (χ3n) is 3.21. The first-order chi connectivity index (χ1) is 9.69. The highest BCUT2D eigenvalue weighted by Crippen LogP contribution is 2.23. The molecule has 108 valence electrons. The number of nitrogens with zero attached hydrogens (tertiary/aromatic N) is 1. The van der Waals surface area contributed by atoms with Gasteiger partial charge in [0.2, 0.25) is 0 Å². The average molecular weight is 293 g/mol. The smallest absolute Gasteiger partial charge is 0.328 e. The summed E-state index contributed by atoms with van der Waals surface area (Å²) in [5, 5.41) is 8.73. The molecule has 4 nitrogen and oxygen atoms in total. The van der Waals surface area contributed by atoms with E-state index in [1.165, 1.54) is 17.1 Å². The summed E-state index contributed by atoms with van der Waals surface area (Å²) in [6.45, 7) is 3.12. The van der Waals surface area contributed by atoms with Crippen LogP contribution in [0.25, 0.3) is 6.08 Å². The summed E-state index contributed by atoms with van der Waals surface area (Å²) in [4.78, 5) is 13.1. The second-order valence-corrected chi connectivity index (χ2v) is 5.86. The van der Waals surface area contributed by atoms with E-state index in [0.29, 0.717) is 5.75 Å². The fraction of sp³-hybridized carbons (Fsp3) is 0.400. The topological polar surface area (TPSA) is 49.8 Å². The maximum Gasteiger partial charge on any atom is 0.328 e. The number of carbonyl (C=O) groups is 1. The first kappa shape index (κ1) is 14.9. The highest BCUT2D eigenvalue weighted by atomic mass is 32.2. The van der Waals surface area contributed by atoms with Gasteiger partial charge in [-0.05, 0) is 23.8 Å². The fourth-order valence-corrected chi connectivity index (χ4v) is 3.17. The van der Waals surface area contributed by atoms with Gasteiger partial charge in [0.15, 0.2) is 0 Å². The number of carboxylic acids is 1. The van der Waals surface area contributed by atoms with Crippen LogP contribution in [0.4, 0.5) is 0 Å². The van der Waals surface area contributed by atoms with Crippen molar-refractivity contribution in [2.75, 3.05) is 31.7 Å². The Morgan fingerprint density at radius 1 is 1.45 bits per heavy atom. The zero-order valence-electron chi connectivity index (χ0n) is 11.5. The summed E-state index contributed by atoms with van der Waals surface area (Å²) in [5.41, 5.74) is 1.99. The Labute approximate surface area is 123 Å². The number of aliphatic carboxylic acids is 1. The van der Waals surface area contributed by atoms with Crippen LogP contribution in [0.2, 0.25) is 0 Å². The van der Waals surface area contributed by atoms with E-state index in [-0.39, 0.29) is 0 Å². The molecule has 1 N–H and O–H groups in total. The number of benzene rings is 1. The summed E-state index contributed by atoms with van der Waals surface area (Å²) in [5.74, 6) is 2.11. The van der Waals surface area contributed by atoms with Crippen LogP contribution in [0.1, 0.15) is 11.1 Å². The highest BCUT2D eigenvalue weighted by molar-refractivity contribution is 7.99. The molecule has 0 aromatic heterocycles. The second kappa shape index (κ2) is 7.36. The molecule has 1 heterocycles. The fourth-order valence-electron chi connectivity index (χ4n) is 2.19. The molecular formula is C15H19NO3S. The molecule has 1 fully saturated rings. The molecule has 2 rings (SSSR count). The van der Waals surface area contributed by atoms with Gasteiger partial charge in [-0.2, -0.15) is 11.8 Å². The molecule has 0 amide bonds. The molecule has 0 bridgehead atoms. The zero-order chi connectivity index (χ0) is 14.4. The van der Waals surface area contributed by atoms with Gasteiger partial charge in [0, 0.05) is 42.8 Å². The largest absolute Gasteiger partial charge is 0.496 e. The Bertz CT molecular complexity index is 496. The summed E-state index contributed by atoms with van der Waals surface area (Å²) in [7, 11) is 1.59. The molecule has 5 heteroatoms. The van der Waals surface area contributed by atoms with E-state index in [0.717, 1.165) is 31.3 Å². The van der Waals surface area contributed by atoms with E-state index >= 15 is 0 Å². The Morgan fingerprint density at radius 2 is 2.20 bits per heavy atom. The van der Waals surface area contributed by atoms with E-state index < -0.39 is 5.97 Å². The third kappa shape index (κ3) is 4.28. The van der Waals surface area contributed by atoms with Gasteiger partial charge in [-0.15, -0.1) is 0 Å². The Morgan fingerprint density at radius 3 is 2.85 bits per heavy atom. The van der Waals surface area contributed by atoms with Gasteiger partial charge in [0.05, 0.1) is 7.11 Å². The van der Waals surface area contributed by atoms with Crippen LogP contribution in [0.5, 0.6) is 5.75 Å². The molecule has 1 aromatic rings. The lowest BCUT2D eigenvalue weighted by atomic mass is 10.1. The Balaban J connectivity index is 2.13. The maximum atomic E-state index is 10.6. The average Bonchev–Trinajstić information content (AvgIpc) is 2.46. The molecule has 0 unspecified atom stereocenters. The van der Waals surface area contributed by atoms with Crippen molar-refractivity contribution in [3.05, 3.63) is 35.4 Å². The molecule has 1 aliphatic heterocycles. The maximum absolute atomic E-state index is 10.6. The van der Waals surface area contributed by atoms with Crippen molar-refractivity contribution in [2.45, 2.75) is 6.54 Å². The number of carboxylic acid groups (broad SMARTS) is 1. The summed E-state index contributed by atoms with van der Waals surface area (Å²) in [6.07, 6.45) is 2.72. The lowest BCUT2D eigenvalue weighted by Gasteiger charge is -2.26. The molecule has 1 aromatic carbocycles. The molecule has 0 spiro atoms. The van der Waals surface area contributed by atoms with E-state index in [4.69, 9.17) is 9.84 Å². The first-order valence-corrected chi connectivity index (χ1v) is 7.72. The van der Waals surface area contributed by atoms with Crippen LogP contribution in [0.3, 0.4) is 0 Å². The minimum Gasteiger partial charge on any atom is -0.496 e. The lowest BCUT2D eigenvalue weighted by Crippen LogP contribution is -2.31. The number of hydrogen-bond donors (Lipinski definition) is 1. The minimum atomic E-state index is -0.953. The van der Waals surface area contributed by atoms with E-state index in [9.17, 15) is 4.79 Å². The number of rotatable bonds is 5. The standard InChI is InChI=1S/C15H19NO3S/c1-19-14-4-2-12(10-13(14)3-5-15(17)18)11-16-6-8-20-9-7-16/h2-5,10H,6-9,11H2,1H3,(H,17,18). The summed E-state index contributed by atoms with van der Waals surface area (Å²) >= 11 is 1.99. The van der Waals surface area contributed by atoms with Crippen LogP contribution in [-0.2, 0) is 11.3 Å². The third-order valence-corrected chi connectivity index (χ3v) is 4.15. The summed E-state index contributed by atoms with van der Waals surface area (Å²) < 4.78 is 5.26. The molecule has 20 heavy (non-hydrogen) atoms. The molecule has 1 saturated heterocycles. The van der Waals surface area contributed by atoms with Crippen LogP contribution < -0.4 is 4.74 Å².